The number of carboxylic acids is 1. The molecule has 1 aromatic heterocycles. The summed E-state index contributed by atoms with van der Waals surface area (Å²) in [5.74, 6) is -1.08. The first-order valence-corrected chi connectivity index (χ1v) is 8.86. The molecule has 1 fully saturated rings. The standard InChI is InChI=1S/C16H25N3O3S/c1-16(2,3)12-10-23-13(18-12)4-7-17-15(22)19-8-5-11(6-9-19)14(20)21/h10-11H,4-9H2,1-3H3,(H,17,22)(H,20,21). The number of piperidine rings is 1. The van der Waals surface area contributed by atoms with Gasteiger partial charge in [0.05, 0.1) is 16.6 Å². The van der Waals surface area contributed by atoms with Crippen molar-refractivity contribution in [2.75, 3.05) is 19.6 Å². The normalized spacial score (nSPS) is 16.4. The quantitative estimate of drug-likeness (QED) is 0.883. The Morgan fingerprint density at radius 1 is 1.39 bits per heavy atom. The monoisotopic (exact) mass is 339 g/mol. The maximum Gasteiger partial charge on any atom is 0.317 e. The molecule has 6 nitrogen and oxygen atoms in total. The summed E-state index contributed by atoms with van der Waals surface area (Å²) in [5, 5.41) is 15.0. The third kappa shape index (κ3) is 4.92. The molecule has 1 saturated heterocycles. The van der Waals surface area contributed by atoms with Crippen molar-refractivity contribution in [2.24, 2.45) is 5.92 Å². The van der Waals surface area contributed by atoms with Gasteiger partial charge in [0.1, 0.15) is 0 Å². The average molecular weight is 339 g/mol. The number of carbonyl (C=O) groups excluding carboxylic acids is 1. The molecular weight excluding hydrogens is 314 g/mol. The number of likely N-dealkylation sites (tertiary alicyclic amines) is 1. The van der Waals surface area contributed by atoms with Crippen molar-refractivity contribution in [3.05, 3.63) is 16.1 Å². The first-order valence-electron chi connectivity index (χ1n) is 7.98. The van der Waals surface area contributed by atoms with Crippen molar-refractivity contribution in [3.8, 4) is 0 Å². The fourth-order valence-corrected chi connectivity index (χ4v) is 3.51. The van der Waals surface area contributed by atoms with E-state index in [4.69, 9.17) is 5.11 Å². The Morgan fingerprint density at radius 3 is 2.57 bits per heavy atom. The lowest BCUT2D eigenvalue weighted by Gasteiger charge is -2.30. The van der Waals surface area contributed by atoms with E-state index < -0.39 is 5.97 Å². The number of thiazole rings is 1. The van der Waals surface area contributed by atoms with Crippen LogP contribution in [0.5, 0.6) is 0 Å². The highest BCUT2D eigenvalue weighted by Crippen LogP contribution is 2.24. The van der Waals surface area contributed by atoms with Crippen molar-refractivity contribution in [1.29, 1.82) is 0 Å². The number of carbonyl (C=O) groups is 2. The molecule has 7 heteroatoms. The fraction of sp³-hybridized carbons (Fsp3) is 0.688. The highest BCUT2D eigenvalue weighted by molar-refractivity contribution is 7.09. The largest absolute Gasteiger partial charge is 0.481 e. The smallest absolute Gasteiger partial charge is 0.317 e. The number of nitrogens with zero attached hydrogens (tertiary/aromatic N) is 2. The average Bonchev–Trinajstić information content (AvgIpc) is 2.96. The summed E-state index contributed by atoms with van der Waals surface area (Å²) >= 11 is 1.63. The van der Waals surface area contributed by atoms with Gasteiger partial charge in [-0.1, -0.05) is 20.8 Å². The van der Waals surface area contributed by atoms with Gasteiger partial charge in [0.15, 0.2) is 0 Å². The zero-order chi connectivity index (χ0) is 17.0. The molecule has 2 heterocycles. The lowest BCUT2D eigenvalue weighted by molar-refractivity contribution is -0.143. The molecule has 0 aliphatic carbocycles. The minimum Gasteiger partial charge on any atom is -0.481 e. The van der Waals surface area contributed by atoms with Crippen LogP contribution in [0.3, 0.4) is 0 Å². The summed E-state index contributed by atoms with van der Waals surface area (Å²) in [5.41, 5.74) is 1.13. The molecule has 1 aromatic rings. The highest BCUT2D eigenvalue weighted by Gasteiger charge is 2.26. The summed E-state index contributed by atoms with van der Waals surface area (Å²) in [6.45, 7) is 7.97. The van der Waals surface area contributed by atoms with Gasteiger partial charge in [-0.05, 0) is 12.8 Å². The molecular formula is C16H25N3O3S. The molecule has 0 aromatic carbocycles. The fourth-order valence-electron chi connectivity index (χ4n) is 2.49. The molecule has 2 N–H and O–H groups in total. The Hall–Kier alpha value is -1.63. The van der Waals surface area contributed by atoms with E-state index >= 15 is 0 Å². The van der Waals surface area contributed by atoms with E-state index in [1.165, 1.54) is 0 Å². The number of rotatable bonds is 4. The lowest BCUT2D eigenvalue weighted by Crippen LogP contribution is -2.45. The van der Waals surface area contributed by atoms with E-state index in [-0.39, 0.29) is 17.4 Å². The SMILES string of the molecule is CC(C)(C)c1csc(CCNC(=O)N2CCC(C(=O)O)CC2)n1. The third-order valence-electron chi connectivity index (χ3n) is 4.07. The van der Waals surface area contributed by atoms with Crippen LogP contribution in [0.15, 0.2) is 5.38 Å². The molecule has 1 aliphatic rings. The minimum absolute atomic E-state index is 0.0481. The van der Waals surface area contributed by atoms with Crippen molar-refractivity contribution in [2.45, 2.75) is 45.4 Å². The number of hydrogen-bond donors (Lipinski definition) is 2. The predicted molar refractivity (Wildman–Crippen MR) is 89.8 cm³/mol. The van der Waals surface area contributed by atoms with Crippen LogP contribution < -0.4 is 5.32 Å². The Bertz CT molecular complexity index is 557. The van der Waals surface area contributed by atoms with Crippen molar-refractivity contribution in [1.82, 2.24) is 15.2 Å². The van der Waals surface area contributed by atoms with Crippen molar-refractivity contribution >= 4 is 23.3 Å². The number of aromatic nitrogens is 1. The second-order valence-corrected chi connectivity index (χ2v) is 7.90. The van der Waals surface area contributed by atoms with Crippen molar-refractivity contribution < 1.29 is 14.7 Å². The Labute approximate surface area is 140 Å². The van der Waals surface area contributed by atoms with Gasteiger partial charge in [0, 0.05) is 36.9 Å². The van der Waals surface area contributed by atoms with E-state index in [0.717, 1.165) is 17.1 Å². The molecule has 2 amide bonds. The van der Waals surface area contributed by atoms with Crippen LogP contribution in [-0.2, 0) is 16.6 Å². The number of amides is 2. The molecule has 23 heavy (non-hydrogen) atoms. The van der Waals surface area contributed by atoms with E-state index in [0.29, 0.717) is 32.5 Å². The van der Waals surface area contributed by atoms with Gasteiger partial charge < -0.3 is 15.3 Å². The number of hydrogen-bond acceptors (Lipinski definition) is 4. The second kappa shape index (κ2) is 7.29. The van der Waals surface area contributed by atoms with Gasteiger partial charge in [0.2, 0.25) is 0 Å². The summed E-state index contributed by atoms with van der Waals surface area (Å²) in [6, 6.07) is -0.110. The zero-order valence-electron chi connectivity index (χ0n) is 14.0. The van der Waals surface area contributed by atoms with E-state index in [2.05, 4.69) is 36.5 Å². The molecule has 2 rings (SSSR count). The summed E-state index contributed by atoms with van der Waals surface area (Å²) in [4.78, 5) is 29.3. The minimum atomic E-state index is -0.761. The van der Waals surface area contributed by atoms with Crippen LogP contribution in [0.2, 0.25) is 0 Å². The summed E-state index contributed by atoms with van der Waals surface area (Å²) in [7, 11) is 0. The second-order valence-electron chi connectivity index (χ2n) is 6.96. The van der Waals surface area contributed by atoms with Gasteiger partial charge >= 0.3 is 12.0 Å². The molecule has 0 atom stereocenters. The molecule has 0 bridgehead atoms. The topological polar surface area (TPSA) is 82.5 Å². The van der Waals surface area contributed by atoms with Crippen LogP contribution in [0.1, 0.15) is 44.3 Å². The first-order chi connectivity index (χ1) is 10.8. The Morgan fingerprint density at radius 2 is 2.04 bits per heavy atom. The molecule has 0 radical (unpaired) electrons. The van der Waals surface area contributed by atoms with E-state index in [1.54, 1.807) is 16.2 Å². The summed E-state index contributed by atoms with van der Waals surface area (Å²) < 4.78 is 0. The van der Waals surface area contributed by atoms with Gasteiger partial charge in [-0.3, -0.25) is 4.79 Å². The van der Waals surface area contributed by atoms with E-state index in [1.807, 2.05) is 0 Å². The Balaban J connectivity index is 1.73. The molecule has 1 aliphatic heterocycles. The van der Waals surface area contributed by atoms with E-state index in [9.17, 15) is 9.59 Å². The van der Waals surface area contributed by atoms with Gasteiger partial charge in [0.25, 0.3) is 0 Å². The first kappa shape index (κ1) is 17.7. The third-order valence-corrected chi connectivity index (χ3v) is 4.98. The number of aliphatic carboxylic acids is 1. The van der Waals surface area contributed by atoms with Crippen LogP contribution in [0.25, 0.3) is 0 Å². The predicted octanol–water partition coefficient (Wildman–Crippen LogP) is 2.49. The zero-order valence-corrected chi connectivity index (χ0v) is 14.8. The maximum absolute atomic E-state index is 12.1. The Kier molecular flexibility index (Phi) is 5.62. The molecule has 128 valence electrons. The van der Waals surface area contributed by atoms with Gasteiger partial charge in [-0.25, -0.2) is 9.78 Å². The number of urea groups is 1. The molecule has 0 spiro atoms. The van der Waals surface area contributed by atoms with Crippen LogP contribution in [0.4, 0.5) is 4.79 Å². The number of nitrogens with one attached hydrogen (secondary N) is 1. The van der Waals surface area contributed by atoms with Gasteiger partial charge in [-0.15, -0.1) is 11.3 Å². The number of carboxylic acid groups (broad SMARTS) is 1. The van der Waals surface area contributed by atoms with Crippen molar-refractivity contribution in [3.63, 3.8) is 0 Å². The highest BCUT2D eigenvalue weighted by atomic mass is 32.1. The molecule has 0 saturated carbocycles. The summed E-state index contributed by atoms with van der Waals surface area (Å²) in [6.07, 6.45) is 1.78. The van der Waals surface area contributed by atoms with Crippen LogP contribution >= 0.6 is 11.3 Å². The maximum atomic E-state index is 12.1. The molecule has 0 unspecified atom stereocenters. The van der Waals surface area contributed by atoms with Crippen LogP contribution in [-0.4, -0.2) is 46.6 Å². The van der Waals surface area contributed by atoms with Crippen LogP contribution in [0, 0.1) is 5.92 Å². The lowest BCUT2D eigenvalue weighted by atomic mass is 9.93. The van der Waals surface area contributed by atoms with Gasteiger partial charge in [-0.2, -0.15) is 0 Å².